The number of allylic oxidation sites excluding steroid dienone is 3. The van der Waals surface area contributed by atoms with Crippen LogP contribution in [-0.2, 0) is 4.74 Å². The van der Waals surface area contributed by atoms with E-state index in [2.05, 4.69) is 48.5 Å². The Labute approximate surface area is 197 Å². The third-order valence-electron chi connectivity index (χ3n) is 5.34. The number of H-pyrrole nitrogens is 1. The highest BCUT2D eigenvalue weighted by Gasteiger charge is 2.37. The Balaban J connectivity index is 0.00000187. The number of ether oxygens (including phenoxy) is 1. The molecule has 0 spiro atoms. The van der Waals surface area contributed by atoms with E-state index >= 15 is 0 Å². The summed E-state index contributed by atoms with van der Waals surface area (Å²) in [5, 5.41) is 13.6. The first kappa shape index (κ1) is 26.1. The summed E-state index contributed by atoms with van der Waals surface area (Å²) in [6.07, 6.45) is 10.6. The largest absolute Gasteiger partial charge is 0.494 e. The number of hydrogen-bond acceptors (Lipinski definition) is 7. The summed E-state index contributed by atoms with van der Waals surface area (Å²) >= 11 is 0. The summed E-state index contributed by atoms with van der Waals surface area (Å²) in [6, 6.07) is 0.0785. The van der Waals surface area contributed by atoms with Gasteiger partial charge < -0.3 is 32.6 Å². The van der Waals surface area contributed by atoms with Gasteiger partial charge in [-0.3, -0.25) is 10.1 Å². The second-order valence-electron chi connectivity index (χ2n) is 9.34. The molecule has 182 valence electrons. The van der Waals surface area contributed by atoms with Crippen LogP contribution in [0.5, 0.6) is 0 Å². The lowest BCUT2D eigenvalue weighted by atomic mass is 9.80. The maximum Gasteiger partial charge on any atom is 0.145 e. The summed E-state index contributed by atoms with van der Waals surface area (Å²) in [5.41, 5.74) is 21.9. The Bertz CT molecular complexity index is 949. The first-order valence-electron chi connectivity index (χ1n) is 11.3. The number of nitrogens with two attached hydrogens (primary N) is 3. The number of methoxy groups -OCH3 is 1. The van der Waals surface area contributed by atoms with Crippen LogP contribution < -0.4 is 27.8 Å². The molecule has 0 unspecified atom stereocenters. The fourth-order valence-corrected chi connectivity index (χ4v) is 4.38. The number of amidine groups is 1. The maximum absolute atomic E-state index is 6.31. The molecule has 0 saturated carbocycles. The summed E-state index contributed by atoms with van der Waals surface area (Å²) in [7, 11) is 1.59. The van der Waals surface area contributed by atoms with Gasteiger partial charge in [-0.25, -0.2) is 0 Å². The minimum absolute atomic E-state index is 0.0289. The molecule has 9 N–H and O–H groups in total. The quantitative estimate of drug-likeness (QED) is 0.294. The molecule has 2 aliphatic rings. The van der Waals surface area contributed by atoms with Crippen molar-refractivity contribution in [3.05, 3.63) is 59.2 Å². The van der Waals surface area contributed by atoms with Crippen molar-refractivity contribution in [2.75, 3.05) is 7.11 Å². The lowest BCUT2D eigenvalue weighted by molar-refractivity contribution is 0.164. The number of rotatable bonds is 5. The molecular formula is C24H40N8O. The molecule has 3 heterocycles. The number of hydrogen-bond donors (Lipinski definition) is 6. The SMILES string of the molecule is CC.COC1=CC(c2cn[nH]c2)=CN/C1=C(N)/C=C(/N)C(N)=NC1CC(C)(C)NC(C)(C)C1. The normalized spacial score (nSPS) is 22.3. The molecular weight excluding hydrogens is 416 g/mol. The molecule has 9 heteroatoms. The third kappa shape index (κ3) is 6.89. The smallest absolute Gasteiger partial charge is 0.145 e. The van der Waals surface area contributed by atoms with Gasteiger partial charge in [0, 0.05) is 34.6 Å². The van der Waals surface area contributed by atoms with Crippen LogP contribution in [0.15, 0.2) is 58.6 Å². The first-order valence-corrected chi connectivity index (χ1v) is 11.3. The molecule has 1 aromatic rings. The molecule has 2 aliphatic heterocycles. The average Bonchev–Trinajstić information content (AvgIpc) is 3.27. The van der Waals surface area contributed by atoms with E-state index in [0.717, 1.165) is 24.0 Å². The minimum atomic E-state index is -0.0289. The van der Waals surface area contributed by atoms with E-state index in [-0.39, 0.29) is 23.0 Å². The lowest BCUT2D eigenvalue weighted by Crippen LogP contribution is -2.59. The Hall–Kier alpha value is -3.20. The van der Waals surface area contributed by atoms with E-state index in [1.54, 1.807) is 25.6 Å². The number of piperidine rings is 1. The molecule has 0 atom stereocenters. The lowest BCUT2D eigenvalue weighted by Gasteiger charge is -2.45. The molecule has 9 nitrogen and oxygen atoms in total. The van der Waals surface area contributed by atoms with E-state index in [4.69, 9.17) is 26.9 Å². The molecule has 0 amide bonds. The number of nitrogens with one attached hydrogen (secondary N) is 3. The topological polar surface area (TPSA) is 152 Å². The van der Waals surface area contributed by atoms with Crippen LogP contribution in [0.2, 0.25) is 0 Å². The molecule has 1 fully saturated rings. The Kier molecular flexibility index (Phi) is 8.38. The second-order valence-corrected chi connectivity index (χ2v) is 9.34. The zero-order valence-electron chi connectivity index (χ0n) is 20.9. The van der Waals surface area contributed by atoms with Gasteiger partial charge in [0.25, 0.3) is 0 Å². The van der Waals surface area contributed by atoms with E-state index in [1.165, 1.54) is 0 Å². The fourth-order valence-electron chi connectivity index (χ4n) is 4.38. The zero-order valence-corrected chi connectivity index (χ0v) is 20.9. The van der Waals surface area contributed by atoms with Crippen molar-refractivity contribution in [1.82, 2.24) is 20.8 Å². The van der Waals surface area contributed by atoms with Gasteiger partial charge >= 0.3 is 0 Å². The molecule has 0 aromatic carbocycles. The van der Waals surface area contributed by atoms with Crippen molar-refractivity contribution < 1.29 is 4.74 Å². The van der Waals surface area contributed by atoms with Gasteiger partial charge in [0.1, 0.15) is 17.3 Å². The summed E-state index contributed by atoms with van der Waals surface area (Å²) in [6.45, 7) is 12.7. The predicted molar refractivity (Wildman–Crippen MR) is 136 cm³/mol. The van der Waals surface area contributed by atoms with Crippen molar-refractivity contribution >= 4 is 11.4 Å². The number of nitrogens with zero attached hydrogens (tertiary/aromatic N) is 2. The molecule has 3 rings (SSSR count). The van der Waals surface area contributed by atoms with Gasteiger partial charge in [0.05, 0.1) is 30.7 Å². The number of aliphatic imine (C=N–C) groups is 1. The van der Waals surface area contributed by atoms with Crippen LogP contribution >= 0.6 is 0 Å². The highest BCUT2D eigenvalue weighted by molar-refractivity contribution is 5.96. The van der Waals surface area contributed by atoms with Gasteiger partial charge in [0.15, 0.2) is 0 Å². The van der Waals surface area contributed by atoms with Crippen molar-refractivity contribution in [2.24, 2.45) is 22.2 Å². The summed E-state index contributed by atoms with van der Waals surface area (Å²) in [5.74, 6) is 0.869. The molecule has 0 bridgehead atoms. The Morgan fingerprint density at radius 3 is 2.33 bits per heavy atom. The third-order valence-corrected chi connectivity index (χ3v) is 5.34. The van der Waals surface area contributed by atoms with Gasteiger partial charge in [-0.15, -0.1) is 0 Å². The number of aromatic nitrogens is 2. The highest BCUT2D eigenvalue weighted by Crippen LogP contribution is 2.30. The van der Waals surface area contributed by atoms with Crippen molar-refractivity contribution in [2.45, 2.75) is 71.5 Å². The molecule has 0 radical (unpaired) electrons. The van der Waals surface area contributed by atoms with Crippen LogP contribution in [0.4, 0.5) is 0 Å². The van der Waals surface area contributed by atoms with Crippen molar-refractivity contribution in [3.8, 4) is 0 Å². The molecule has 1 saturated heterocycles. The Morgan fingerprint density at radius 2 is 1.79 bits per heavy atom. The molecule has 33 heavy (non-hydrogen) atoms. The van der Waals surface area contributed by atoms with Crippen molar-refractivity contribution in [1.29, 1.82) is 0 Å². The monoisotopic (exact) mass is 456 g/mol. The molecule has 1 aromatic heterocycles. The van der Waals surface area contributed by atoms with Crippen LogP contribution in [-0.4, -0.2) is 40.3 Å². The average molecular weight is 457 g/mol. The van der Waals surface area contributed by atoms with E-state index < -0.39 is 0 Å². The van der Waals surface area contributed by atoms with Gasteiger partial charge in [0.2, 0.25) is 0 Å². The number of aromatic amines is 1. The van der Waals surface area contributed by atoms with Gasteiger partial charge in [-0.05, 0) is 52.7 Å². The van der Waals surface area contributed by atoms with Gasteiger partial charge in [-0.2, -0.15) is 5.10 Å². The van der Waals surface area contributed by atoms with E-state index in [1.807, 2.05) is 26.1 Å². The van der Waals surface area contributed by atoms with Crippen LogP contribution in [0, 0.1) is 0 Å². The van der Waals surface area contributed by atoms with Gasteiger partial charge in [-0.1, -0.05) is 13.8 Å². The van der Waals surface area contributed by atoms with Crippen LogP contribution in [0.3, 0.4) is 0 Å². The minimum Gasteiger partial charge on any atom is -0.494 e. The van der Waals surface area contributed by atoms with Crippen molar-refractivity contribution in [3.63, 3.8) is 0 Å². The predicted octanol–water partition coefficient (Wildman–Crippen LogP) is 2.59. The fraction of sp³-hybridized carbons (Fsp3) is 0.500. The summed E-state index contributed by atoms with van der Waals surface area (Å²) in [4.78, 5) is 4.70. The summed E-state index contributed by atoms with van der Waals surface area (Å²) < 4.78 is 5.51. The maximum atomic E-state index is 6.31. The Morgan fingerprint density at radius 1 is 1.15 bits per heavy atom. The van der Waals surface area contributed by atoms with E-state index in [9.17, 15) is 0 Å². The highest BCUT2D eigenvalue weighted by atomic mass is 16.5. The standard InChI is InChI=1S/C22H34N8O.C2H6/c1-21(2)8-15(9-22(3,4)30-21)29-20(25)17(24)7-16(23)19-18(31-5)6-13(10-26-19)14-11-27-28-12-14;1-2/h6-7,10-12,15,26,30H,8-9,23-24H2,1-5H3,(H2,25,29)(H,27,28);1-2H3/b17-7+,19-16-;. The van der Waals surface area contributed by atoms with Crippen LogP contribution in [0.1, 0.15) is 59.9 Å². The molecule has 0 aliphatic carbocycles. The zero-order chi connectivity index (χ0) is 24.8. The number of dihydropyridines is 1. The van der Waals surface area contributed by atoms with Crippen LogP contribution in [0.25, 0.3) is 5.57 Å². The second kappa shape index (κ2) is 10.6. The first-order chi connectivity index (χ1) is 15.5. The van der Waals surface area contributed by atoms with E-state index in [0.29, 0.717) is 22.9 Å².